The van der Waals surface area contributed by atoms with Gasteiger partial charge in [-0.2, -0.15) is 0 Å². The predicted molar refractivity (Wildman–Crippen MR) is 101 cm³/mol. The van der Waals surface area contributed by atoms with E-state index in [0.717, 1.165) is 0 Å². The fourth-order valence-electron chi connectivity index (χ4n) is 4.49. The van der Waals surface area contributed by atoms with E-state index in [0.29, 0.717) is 18.4 Å². The minimum atomic E-state index is -1.37. The number of nitro benzene ring substituents is 1. The first-order valence-electron chi connectivity index (χ1n) is 9.46. The Morgan fingerprint density at radius 2 is 1.82 bits per heavy atom. The van der Waals surface area contributed by atoms with Gasteiger partial charge in [0.15, 0.2) is 0 Å². The van der Waals surface area contributed by atoms with Crippen LogP contribution in [0.25, 0.3) is 0 Å². The molecule has 1 unspecified atom stereocenters. The lowest BCUT2D eigenvalue weighted by Crippen LogP contribution is -2.49. The van der Waals surface area contributed by atoms with Crippen LogP contribution in [0.15, 0.2) is 24.3 Å². The number of esters is 2. The van der Waals surface area contributed by atoms with Crippen LogP contribution in [-0.2, 0) is 19.1 Å². The molecular weight excluding hydrogens is 362 g/mol. The Bertz CT molecular complexity index is 855. The third kappa shape index (κ3) is 2.55. The van der Waals surface area contributed by atoms with Gasteiger partial charge in [0.05, 0.1) is 15.9 Å². The quantitative estimate of drug-likeness (QED) is 0.432. The average molecular weight is 389 g/mol. The van der Waals surface area contributed by atoms with Crippen molar-refractivity contribution in [1.82, 2.24) is 0 Å². The highest BCUT2D eigenvalue weighted by Crippen LogP contribution is 2.66. The molecule has 7 nitrogen and oxygen atoms in total. The number of benzene rings is 1. The first kappa shape index (κ1) is 20.3. The molecule has 2 bridgehead atoms. The van der Waals surface area contributed by atoms with Crippen molar-refractivity contribution < 1.29 is 24.0 Å². The summed E-state index contributed by atoms with van der Waals surface area (Å²) in [7, 11) is 0. The number of fused-ring (bicyclic) bond motifs is 2. The Kier molecular flexibility index (Phi) is 4.37. The van der Waals surface area contributed by atoms with Crippen LogP contribution < -0.4 is 0 Å². The maximum atomic E-state index is 13.4. The third-order valence-corrected chi connectivity index (χ3v) is 6.84. The largest absolute Gasteiger partial charge is 0.454 e. The number of carbonyl (C=O) groups excluding carboxylic acids is 2. The van der Waals surface area contributed by atoms with Crippen molar-refractivity contribution in [3.8, 4) is 0 Å². The number of nitro groups is 1. The molecule has 0 N–H and O–H groups in total. The standard InChI is InChI=1S/C21H27NO6/c1-18(2,3)15(13-9-7-8-10-14(13)22(25)26)27-17(24)21-12-11-20(6,16(23)28-21)19(21,4)5/h7-10,15H,11-12H2,1-6H3/t15?,20-,21+/m0/s1. The Morgan fingerprint density at radius 1 is 1.21 bits per heavy atom. The van der Waals surface area contributed by atoms with Gasteiger partial charge < -0.3 is 9.47 Å². The van der Waals surface area contributed by atoms with Crippen molar-refractivity contribution in [1.29, 1.82) is 0 Å². The molecule has 0 aromatic heterocycles. The highest BCUT2D eigenvalue weighted by atomic mass is 16.6. The molecule has 0 radical (unpaired) electrons. The molecule has 1 aromatic carbocycles. The molecule has 152 valence electrons. The molecule has 1 heterocycles. The molecule has 3 rings (SSSR count). The number of carbonyl (C=O) groups is 2. The first-order chi connectivity index (χ1) is 12.8. The Hall–Kier alpha value is -2.44. The monoisotopic (exact) mass is 389 g/mol. The van der Waals surface area contributed by atoms with Crippen LogP contribution in [-0.4, -0.2) is 22.5 Å². The molecule has 1 saturated heterocycles. The van der Waals surface area contributed by atoms with Gasteiger partial charge in [-0.25, -0.2) is 4.79 Å². The van der Waals surface area contributed by atoms with Crippen molar-refractivity contribution in [3.63, 3.8) is 0 Å². The van der Waals surface area contributed by atoms with E-state index in [1.54, 1.807) is 18.2 Å². The molecule has 0 spiro atoms. The average Bonchev–Trinajstić information content (AvgIpc) is 2.88. The van der Waals surface area contributed by atoms with Gasteiger partial charge in [-0.3, -0.25) is 14.9 Å². The fourth-order valence-corrected chi connectivity index (χ4v) is 4.49. The highest BCUT2D eigenvalue weighted by Gasteiger charge is 2.76. The number of hydrogen-bond donors (Lipinski definition) is 0. The number of rotatable bonds is 4. The summed E-state index contributed by atoms with van der Waals surface area (Å²) in [6, 6.07) is 6.25. The lowest BCUT2D eigenvalue weighted by molar-refractivity contribution is -0.386. The van der Waals surface area contributed by atoms with Gasteiger partial charge >= 0.3 is 11.9 Å². The van der Waals surface area contributed by atoms with E-state index in [1.165, 1.54) is 6.07 Å². The first-order valence-corrected chi connectivity index (χ1v) is 9.46. The van der Waals surface area contributed by atoms with Crippen LogP contribution in [0.4, 0.5) is 5.69 Å². The van der Waals surface area contributed by atoms with Gasteiger partial charge in [-0.05, 0) is 25.8 Å². The van der Waals surface area contributed by atoms with E-state index in [4.69, 9.17) is 9.47 Å². The fraction of sp³-hybridized carbons (Fsp3) is 0.619. The van der Waals surface area contributed by atoms with E-state index in [-0.39, 0.29) is 5.69 Å². The second-order valence-electron chi connectivity index (χ2n) is 9.64. The Labute approximate surface area is 164 Å². The molecule has 7 heteroatoms. The summed E-state index contributed by atoms with van der Waals surface area (Å²) in [6.45, 7) is 11.1. The lowest BCUT2D eigenvalue weighted by atomic mass is 9.66. The second-order valence-corrected chi connectivity index (χ2v) is 9.64. The molecule has 1 aliphatic heterocycles. The van der Waals surface area contributed by atoms with Crippen LogP contribution in [0.2, 0.25) is 0 Å². The van der Waals surface area contributed by atoms with Crippen LogP contribution >= 0.6 is 0 Å². The summed E-state index contributed by atoms with van der Waals surface area (Å²) >= 11 is 0. The summed E-state index contributed by atoms with van der Waals surface area (Å²) in [5.74, 6) is -1.02. The van der Waals surface area contributed by atoms with Gasteiger partial charge in [-0.15, -0.1) is 0 Å². The molecule has 1 aromatic rings. The van der Waals surface area contributed by atoms with E-state index in [2.05, 4.69) is 0 Å². The van der Waals surface area contributed by atoms with Crippen molar-refractivity contribution in [2.75, 3.05) is 0 Å². The zero-order chi connectivity index (χ0) is 21.1. The van der Waals surface area contributed by atoms with E-state index < -0.39 is 44.8 Å². The van der Waals surface area contributed by atoms with E-state index >= 15 is 0 Å². The van der Waals surface area contributed by atoms with Crippen molar-refractivity contribution in [2.24, 2.45) is 16.2 Å². The number of para-hydroxylation sites is 1. The zero-order valence-corrected chi connectivity index (χ0v) is 17.2. The Balaban J connectivity index is 2.02. The summed E-state index contributed by atoms with van der Waals surface area (Å²) in [6.07, 6.45) is 0.0620. The SMILES string of the molecule is CC(C)(C)C(OC(=O)[C@@]12CC[C@@](C)(C(=O)O1)C2(C)C)c1ccccc1[N+](=O)[O-]. The lowest BCUT2D eigenvalue weighted by Gasteiger charge is -2.38. The predicted octanol–water partition coefficient (Wildman–Crippen LogP) is 4.35. The molecule has 2 fully saturated rings. The summed E-state index contributed by atoms with van der Waals surface area (Å²) in [5.41, 5.74) is -3.24. The number of hydrogen-bond acceptors (Lipinski definition) is 6. The highest BCUT2D eigenvalue weighted by molar-refractivity contribution is 5.93. The van der Waals surface area contributed by atoms with Gasteiger partial charge in [0, 0.05) is 16.9 Å². The smallest absolute Gasteiger partial charge is 0.351 e. The van der Waals surface area contributed by atoms with Crippen LogP contribution in [0, 0.1) is 26.4 Å². The molecule has 3 atom stereocenters. The van der Waals surface area contributed by atoms with Crippen LogP contribution in [0.1, 0.15) is 66.1 Å². The molecule has 28 heavy (non-hydrogen) atoms. The molecule has 2 aliphatic rings. The minimum Gasteiger partial charge on any atom is -0.454 e. The summed E-state index contributed by atoms with van der Waals surface area (Å²) in [4.78, 5) is 36.9. The minimum absolute atomic E-state index is 0.105. The molecule has 1 saturated carbocycles. The Morgan fingerprint density at radius 3 is 2.29 bits per heavy atom. The molecule has 1 aliphatic carbocycles. The number of nitrogens with zero attached hydrogens (tertiary/aromatic N) is 1. The van der Waals surface area contributed by atoms with Crippen LogP contribution in [0.3, 0.4) is 0 Å². The topological polar surface area (TPSA) is 95.7 Å². The molecule has 0 amide bonds. The van der Waals surface area contributed by atoms with E-state index in [1.807, 2.05) is 41.5 Å². The summed E-state index contributed by atoms with van der Waals surface area (Å²) < 4.78 is 11.5. The van der Waals surface area contributed by atoms with Crippen molar-refractivity contribution >= 4 is 17.6 Å². The normalized spacial score (nSPS) is 29.3. The van der Waals surface area contributed by atoms with Crippen molar-refractivity contribution in [2.45, 2.75) is 66.1 Å². The van der Waals surface area contributed by atoms with E-state index in [9.17, 15) is 19.7 Å². The zero-order valence-electron chi connectivity index (χ0n) is 17.2. The van der Waals surface area contributed by atoms with Gasteiger partial charge in [0.1, 0.15) is 6.10 Å². The second kappa shape index (κ2) is 6.03. The maximum Gasteiger partial charge on any atom is 0.351 e. The molecular formula is C21H27NO6. The van der Waals surface area contributed by atoms with Gasteiger partial charge in [0.2, 0.25) is 5.60 Å². The van der Waals surface area contributed by atoms with Crippen molar-refractivity contribution in [3.05, 3.63) is 39.9 Å². The number of ether oxygens (including phenoxy) is 2. The summed E-state index contributed by atoms with van der Waals surface area (Å²) in [5, 5.41) is 11.5. The van der Waals surface area contributed by atoms with Gasteiger partial charge in [0.25, 0.3) is 5.69 Å². The van der Waals surface area contributed by atoms with Crippen LogP contribution in [0.5, 0.6) is 0 Å². The van der Waals surface area contributed by atoms with Gasteiger partial charge in [-0.1, -0.05) is 46.8 Å². The third-order valence-electron chi connectivity index (χ3n) is 6.84. The maximum absolute atomic E-state index is 13.4.